The minimum Gasteiger partial charge on any atom is -0.341 e. The van der Waals surface area contributed by atoms with Gasteiger partial charge >= 0.3 is 0 Å². The van der Waals surface area contributed by atoms with E-state index in [9.17, 15) is 4.79 Å². The summed E-state index contributed by atoms with van der Waals surface area (Å²) in [6.45, 7) is 3.70. The normalized spacial score (nSPS) is 15.9. The van der Waals surface area contributed by atoms with Gasteiger partial charge in [0.2, 0.25) is 5.91 Å². The summed E-state index contributed by atoms with van der Waals surface area (Å²) in [6.07, 6.45) is 2.64. The Morgan fingerprint density at radius 1 is 1.25 bits per heavy atom. The van der Waals surface area contributed by atoms with Crippen LogP contribution in [-0.4, -0.2) is 42.7 Å². The van der Waals surface area contributed by atoms with Crippen molar-refractivity contribution in [3.8, 4) is 0 Å². The van der Waals surface area contributed by atoms with Gasteiger partial charge in [0.25, 0.3) is 0 Å². The van der Waals surface area contributed by atoms with Crippen LogP contribution in [0.1, 0.15) is 19.3 Å². The van der Waals surface area contributed by atoms with Crippen molar-refractivity contribution in [2.24, 2.45) is 0 Å². The third kappa shape index (κ3) is 5.35. The number of carbonyl (C=O) groups is 1. The smallest absolute Gasteiger partial charge is 0.222 e. The highest BCUT2D eigenvalue weighted by atomic mass is 35.5. The molecule has 1 amide bonds. The van der Waals surface area contributed by atoms with Crippen molar-refractivity contribution in [2.45, 2.75) is 24.2 Å². The van der Waals surface area contributed by atoms with Crippen LogP contribution in [0.5, 0.6) is 0 Å². The predicted octanol–water partition coefficient (Wildman–Crippen LogP) is 3.03. The van der Waals surface area contributed by atoms with E-state index in [1.54, 1.807) is 11.8 Å². The van der Waals surface area contributed by atoms with Crippen LogP contribution in [0.4, 0.5) is 0 Å². The molecule has 0 radical (unpaired) electrons. The lowest BCUT2D eigenvalue weighted by Gasteiger charge is -2.19. The molecule has 1 aromatic carbocycles. The quantitative estimate of drug-likeness (QED) is 0.670. The fourth-order valence-corrected chi connectivity index (χ4v) is 3.18. The molecule has 1 aromatic rings. The van der Waals surface area contributed by atoms with Crippen LogP contribution in [0.3, 0.4) is 0 Å². The van der Waals surface area contributed by atoms with Crippen molar-refractivity contribution in [2.75, 3.05) is 31.9 Å². The average Bonchev–Trinajstić information content (AvgIpc) is 2.74. The molecule has 0 bridgehead atoms. The van der Waals surface area contributed by atoms with E-state index in [-0.39, 0.29) is 0 Å². The largest absolute Gasteiger partial charge is 0.341 e. The fraction of sp³-hybridized carbons (Fsp3) is 0.533. The van der Waals surface area contributed by atoms with Crippen molar-refractivity contribution < 1.29 is 4.79 Å². The standard InChI is InChI=1S/C15H21ClN2OS/c16-13-4-6-14(7-5-13)20-12-1-3-15(19)18-10-2-8-17-9-11-18/h4-7,17H,1-3,8-12H2. The maximum Gasteiger partial charge on any atom is 0.222 e. The maximum atomic E-state index is 12.1. The number of carbonyl (C=O) groups excluding carboxylic acids is 1. The molecule has 1 N–H and O–H groups in total. The molecule has 1 fully saturated rings. The molecule has 1 aliphatic rings. The second-order valence-electron chi connectivity index (χ2n) is 4.89. The van der Waals surface area contributed by atoms with Gasteiger partial charge < -0.3 is 10.2 Å². The minimum absolute atomic E-state index is 0.297. The van der Waals surface area contributed by atoms with Gasteiger partial charge in [-0.15, -0.1) is 11.8 Å². The van der Waals surface area contributed by atoms with Gasteiger partial charge in [-0.2, -0.15) is 0 Å². The summed E-state index contributed by atoms with van der Waals surface area (Å²) in [4.78, 5) is 15.3. The van der Waals surface area contributed by atoms with Crippen molar-refractivity contribution in [1.29, 1.82) is 0 Å². The number of benzene rings is 1. The van der Waals surface area contributed by atoms with Gasteiger partial charge in [0.05, 0.1) is 0 Å². The topological polar surface area (TPSA) is 32.3 Å². The van der Waals surface area contributed by atoms with E-state index in [2.05, 4.69) is 5.32 Å². The molecule has 2 rings (SSSR count). The van der Waals surface area contributed by atoms with Gasteiger partial charge in [0.1, 0.15) is 0 Å². The van der Waals surface area contributed by atoms with Crippen molar-refractivity contribution >= 4 is 29.3 Å². The maximum absolute atomic E-state index is 12.1. The third-order valence-corrected chi connectivity index (χ3v) is 4.66. The highest BCUT2D eigenvalue weighted by Crippen LogP contribution is 2.21. The first-order valence-electron chi connectivity index (χ1n) is 7.12. The molecule has 1 saturated heterocycles. The van der Waals surface area contributed by atoms with Crippen LogP contribution in [0.2, 0.25) is 5.02 Å². The fourth-order valence-electron chi connectivity index (χ4n) is 2.20. The van der Waals surface area contributed by atoms with E-state index in [1.807, 2.05) is 29.2 Å². The lowest BCUT2D eigenvalue weighted by molar-refractivity contribution is -0.131. The summed E-state index contributed by atoms with van der Waals surface area (Å²) in [7, 11) is 0. The molecule has 0 spiro atoms. The van der Waals surface area contributed by atoms with Crippen LogP contribution in [0, 0.1) is 0 Å². The summed E-state index contributed by atoms with van der Waals surface area (Å²) in [6, 6.07) is 7.85. The number of hydrogen-bond donors (Lipinski definition) is 1. The lowest BCUT2D eigenvalue weighted by atomic mass is 10.3. The van der Waals surface area contributed by atoms with Crippen LogP contribution < -0.4 is 5.32 Å². The first-order chi connectivity index (χ1) is 9.75. The Morgan fingerprint density at radius 2 is 2.05 bits per heavy atom. The number of hydrogen-bond acceptors (Lipinski definition) is 3. The zero-order chi connectivity index (χ0) is 14.2. The van der Waals surface area contributed by atoms with Gasteiger partial charge in [-0.1, -0.05) is 11.6 Å². The molecule has 0 aromatic heterocycles. The number of halogens is 1. The summed E-state index contributed by atoms with van der Waals surface area (Å²) in [5, 5.41) is 4.08. The molecule has 1 aliphatic heterocycles. The number of nitrogens with one attached hydrogen (secondary N) is 1. The Kier molecular flexibility index (Phi) is 6.70. The zero-order valence-electron chi connectivity index (χ0n) is 11.6. The predicted molar refractivity (Wildman–Crippen MR) is 85.5 cm³/mol. The molecule has 110 valence electrons. The highest BCUT2D eigenvalue weighted by molar-refractivity contribution is 7.99. The summed E-state index contributed by atoms with van der Waals surface area (Å²) in [5.41, 5.74) is 0. The van der Waals surface area contributed by atoms with Crippen LogP contribution in [0.25, 0.3) is 0 Å². The van der Waals surface area contributed by atoms with E-state index in [4.69, 9.17) is 11.6 Å². The monoisotopic (exact) mass is 312 g/mol. The average molecular weight is 313 g/mol. The summed E-state index contributed by atoms with van der Waals surface area (Å²) in [5.74, 6) is 1.27. The third-order valence-electron chi connectivity index (χ3n) is 3.31. The molecular formula is C15H21ClN2OS. The Hall–Kier alpha value is -0.710. The van der Waals surface area contributed by atoms with Crippen molar-refractivity contribution in [3.63, 3.8) is 0 Å². The Balaban J connectivity index is 1.64. The molecule has 3 nitrogen and oxygen atoms in total. The van der Waals surface area contributed by atoms with Gasteiger partial charge in [-0.05, 0) is 49.4 Å². The van der Waals surface area contributed by atoms with Gasteiger partial charge in [-0.3, -0.25) is 4.79 Å². The molecule has 20 heavy (non-hydrogen) atoms. The van der Waals surface area contributed by atoms with Crippen LogP contribution in [-0.2, 0) is 4.79 Å². The van der Waals surface area contributed by atoms with Gasteiger partial charge in [0.15, 0.2) is 0 Å². The van der Waals surface area contributed by atoms with Crippen molar-refractivity contribution in [1.82, 2.24) is 10.2 Å². The van der Waals surface area contributed by atoms with Crippen molar-refractivity contribution in [3.05, 3.63) is 29.3 Å². The molecule has 0 atom stereocenters. The first-order valence-corrected chi connectivity index (χ1v) is 8.49. The van der Waals surface area contributed by atoms with Gasteiger partial charge in [0, 0.05) is 36.0 Å². The lowest BCUT2D eigenvalue weighted by Crippen LogP contribution is -2.34. The summed E-state index contributed by atoms with van der Waals surface area (Å²) < 4.78 is 0. The molecule has 5 heteroatoms. The van der Waals surface area contributed by atoms with E-state index in [1.165, 1.54) is 4.90 Å². The van der Waals surface area contributed by atoms with E-state index in [0.29, 0.717) is 12.3 Å². The second kappa shape index (κ2) is 8.55. The Bertz CT molecular complexity index is 416. The zero-order valence-corrected chi connectivity index (χ0v) is 13.2. The van der Waals surface area contributed by atoms with Crippen LogP contribution in [0.15, 0.2) is 29.2 Å². The molecule has 1 heterocycles. The van der Waals surface area contributed by atoms with E-state index in [0.717, 1.165) is 49.8 Å². The van der Waals surface area contributed by atoms with E-state index < -0.39 is 0 Å². The Labute approximate surface area is 130 Å². The molecule has 0 saturated carbocycles. The van der Waals surface area contributed by atoms with Gasteiger partial charge in [-0.25, -0.2) is 0 Å². The number of thioether (sulfide) groups is 1. The minimum atomic E-state index is 0.297. The number of rotatable bonds is 5. The molecular weight excluding hydrogens is 292 g/mol. The van der Waals surface area contributed by atoms with E-state index >= 15 is 0 Å². The Morgan fingerprint density at radius 3 is 2.85 bits per heavy atom. The van der Waals surface area contributed by atoms with Crippen LogP contribution >= 0.6 is 23.4 Å². The molecule has 0 aliphatic carbocycles. The number of nitrogens with zero attached hydrogens (tertiary/aromatic N) is 1. The summed E-state index contributed by atoms with van der Waals surface area (Å²) >= 11 is 7.63. The first kappa shape index (κ1) is 15.7. The SMILES string of the molecule is O=C(CCCSc1ccc(Cl)cc1)N1CCCNCC1. The second-order valence-corrected chi connectivity index (χ2v) is 6.50. The highest BCUT2D eigenvalue weighted by Gasteiger charge is 2.14. The number of amides is 1. The molecule has 0 unspecified atom stereocenters.